The largest absolute Gasteiger partial charge is 0.390 e. The standard InChI is InChI=1S/C20H32O4/c1-13(2)20-10-9-18(4,24-20)16(22)11-15(21)14(3)7-6-8-19(5)17(12-20)23-19/h7,13,16-17,22H,6,8-12H2,1-5H3/b14-7+/t16-,17+,18+,19+,20-/m0/s1. The Bertz CT molecular complexity index is 554. The maximum Gasteiger partial charge on any atom is 0.160 e. The molecule has 136 valence electrons. The minimum atomic E-state index is -0.763. The lowest BCUT2D eigenvalue weighted by Crippen LogP contribution is -2.46. The summed E-state index contributed by atoms with van der Waals surface area (Å²) >= 11 is 0. The first-order valence-corrected chi connectivity index (χ1v) is 9.36. The molecule has 3 rings (SSSR count). The first kappa shape index (κ1) is 18.1. The van der Waals surface area contributed by atoms with Gasteiger partial charge in [0.2, 0.25) is 0 Å². The van der Waals surface area contributed by atoms with Crippen LogP contribution in [0.5, 0.6) is 0 Å². The van der Waals surface area contributed by atoms with Gasteiger partial charge in [0.15, 0.2) is 5.78 Å². The number of ether oxygens (including phenoxy) is 2. The van der Waals surface area contributed by atoms with Gasteiger partial charge < -0.3 is 14.6 Å². The van der Waals surface area contributed by atoms with Crippen LogP contribution in [0.25, 0.3) is 0 Å². The monoisotopic (exact) mass is 336 g/mol. The average molecular weight is 336 g/mol. The van der Waals surface area contributed by atoms with Crippen molar-refractivity contribution in [3.63, 3.8) is 0 Å². The molecule has 1 N–H and O–H groups in total. The molecule has 5 atom stereocenters. The molecule has 0 aromatic heterocycles. The average Bonchev–Trinajstić information content (AvgIpc) is 2.96. The van der Waals surface area contributed by atoms with E-state index < -0.39 is 11.7 Å². The molecule has 4 heteroatoms. The van der Waals surface area contributed by atoms with Crippen LogP contribution in [0, 0.1) is 5.92 Å². The molecular weight excluding hydrogens is 304 g/mol. The quantitative estimate of drug-likeness (QED) is 0.744. The summed E-state index contributed by atoms with van der Waals surface area (Å²) in [6.45, 7) is 10.3. The number of aliphatic hydroxyl groups excluding tert-OH is 1. The zero-order chi connectivity index (χ0) is 17.8. The number of carbonyl (C=O) groups excluding carboxylic acids is 1. The Hall–Kier alpha value is -0.710. The van der Waals surface area contributed by atoms with E-state index in [4.69, 9.17) is 9.47 Å². The van der Waals surface area contributed by atoms with Crippen LogP contribution in [-0.4, -0.2) is 39.9 Å². The fraction of sp³-hybridized carbons (Fsp3) is 0.850. The molecule has 3 aliphatic heterocycles. The molecule has 0 amide bonds. The predicted molar refractivity (Wildman–Crippen MR) is 92.8 cm³/mol. The van der Waals surface area contributed by atoms with Gasteiger partial charge in [-0.3, -0.25) is 4.79 Å². The van der Waals surface area contributed by atoms with E-state index in [1.807, 2.05) is 19.9 Å². The third kappa shape index (κ3) is 3.09. The normalized spacial score (nSPS) is 48.8. The predicted octanol–water partition coefficient (Wildman–Crippen LogP) is 3.56. The first-order chi connectivity index (χ1) is 11.1. The van der Waals surface area contributed by atoms with Gasteiger partial charge >= 0.3 is 0 Å². The summed E-state index contributed by atoms with van der Waals surface area (Å²) in [6.07, 6.45) is 5.93. The van der Waals surface area contributed by atoms with Crippen molar-refractivity contribution in [3.8, 4) is 0 Å². The highest BCUT2D eigenvalue weighted by atomic mass is 16.6. The second-order valence-corrected chi connectivity index (χ2v) is 8.83. The summed E-state index contributed by atoms with van der Waals surface area (Å²) in [4.78, 5) is 12.4. The molecule has 0 spiro atoms. The zero-order valence-corrected chi connectivity index (χ0v) is 15.7. The van der Waals surface area contributed by atoms with Crippen LogP contribution >= 0.6 is 0 Å². The van der Waals surface area contributed by atoms with Gasteiger partial charge in [-0.2, -0.15) is 0 Å². The van der Waals surface area contributed by atoms with E-state index in [0.29, 0.717) is 5.92 Å². The number of hydrogen-bond acceptors (Lipinski definition) is 4. The Morgan fingerprint density at radius 2 is 1.92 bits per heavy atom. The maximum absolute atomic E-state index is 12.4. The number of carbonyl (C=O) groups is 1. The highest BCUT2D eigenvalue weighted by Crippen LogP contribution is 2.53. The lowest BCUT2D eigenvalue weighted by molar-refractivity contribution is -0.169. The molecular formula is C20H32O4. The fourth-order valence-corrected chi connectivity index (χ4v) is 4.37. The molecule has 0 saturated carbocycles. The molecule has 0 aromatic carbocycles. The lowest BCUT2D eigenvalue weighted by atomic mass is 9.80. The smallest absolute Gasteiger partial charge is 0.160 e. The molecule has 4 nitrogen and oxygen atoms in total. The molecule has 3 aliphatic rings. The van der Waals surface area contributed by atoms with Crippen molar-refractivity contribution in [3.05, 3.63) is 11.6 Å². The highest BCUT2D eigenvalue weighted by Gasteiger charge is 2.59. The molecule has 0 radical (unpaired) electrons. The summed E-state index contributed by atoms with van der Waals surface area (Å²) in [5.41, 5.74) is -0.278. The maximum atomic E-state index is 12.4. The number of aliphatic hydroxyl groups is 1. The summed E-state index contributed by atoms with van der Waals surface area (Å²) in [6, 6.07) is 0. The van der Waals surface area contributed by atoms with Crippen LogP contribution in [0.1, 0.15) is 73.1 Å². The fourth-order valence-electron chi connectivity index (χ4n) is 4.37. The molecule has 2 saturated heterocycles. The Morgan fingerprint density at radius 1 is 1.21 bits per heavy atom. The highest BCUT2D eigenvalue weighted by molar-refractivity contribution is 5.95. The summed E-state index contributed by atoms with van der Waals surface area (Å²) < 4.78 is 12.6. The Morgan fingerprint density at radius 3 is 2.58 bits per heavy atom. The molecule has 0 aromatic rings. The van der Waals surface area contributed by atoms with E-state index >= 15 is 0 Å². The van der Waals surface area contributed by atoms with E-state index in [2.05, 4.69) is 20.8 Å². The molecule has 2 bridgehead atoms. The third-order valence-electron chi connectivity index (χ3n) is 6.71. The van der Waals surface area contributed by atoms with Gasteiger partial charge in [-0.05, 0) is 57.9 Å². The topological polar surface area (TPSA) is 59.1 Å². The van der Waals surface area contributed by atoms with Gasteiger partial charge in [-0.25, -0.2) is 0 Å². The van der Waals surface area contributed by atoms with Crippen molar-refractivity contribution < 1.29 is 19.4 Å². The van der Waals surface area contributed by atoms with Crippen LogP contribution in [0.3, 0.4) is 0 Å². The second kappa shape index (κ2) is 5.93. The molecule has 24 heavy (non-hydrogen) atoms. The number of epoxide rings is 1. The van der Waals surface area contributed by atoms with E-state index in [0.717, 1.165) is 37.7 Å². The number of ketones is 1. The van der Waals surface area contributed by atoms with Crippen LogP contribution < -0.4 is 0 Å². The van der Waals surface area contributed by atoms with Crippen LogP contribution in [-0.2, 0) is 14.3 Å². The Kier molecular flexibility index (Phi) is 4.47. The Labute approximate surface area is 145 Å². The van der Waals surface area contributed by atoms with E-state index in [-0.39, 0.29) is 29.5 Å². The van der Waals surface area contributed by atoms with Crippen LogP contribution in [0.15, 0.2) is 11.6 Å². The van der Waals surface area contributed by atoms with Gasteiger partial charge in [-0.1, -0.05) is 19.9 Å². The minimum Gasteiger partial charge on any atom is -0.390 e. The third-order valence-corrected chi connectivity index (χ3v) is 6.71. The molecule has 2 fully saturated rings. The molecule has 3 heterocycles. The number of rotatable bonds is 1. The van der Waals surface area contributed by atoms with Gasteiger partial charge in [-0.15, -0.1) is 0 Å². The SMILES string of the molecule is C/C1=C\CC[C@@]2(C)O[C@@H]2C[C@]2(C(C)C)CC[C@@](C)(O2)[C@@H](O)CC1=O. The summed E-state index contributed by atoms with van der Waals surface area (Å²) in [5.74, 6) is 0.368. The first-order valence-electron chi connectivity index (χ1n) is 9.36. The van der Waals surface area contributed by atoms with Crippen molar-refractivity contribution in [1.29, 1.82) is 0 Å². The molecule has 0 unspecified atom stereocenters. The van der Waals surface area contributed by atoms with E-state index in [1.54, 1.807) is 0 Å². The van der Waals surface area contributed by atoms with Crippen LogP contribution in [0.2, 0.25) is 0 Å². The van der Waals surface area contributed by atoms with Gasteiger partial charge in [0.25, 0.3) is 0 Å². The second-order valence-electron chi connectivity index (χ2n) is 8.83. The van der Waals surface area contributed by atoms with Gasteiger partial charge in [0.1, 0.15) is 0 Å². The van der Waals surface area contributed by atoms with Gasteiger partial charge in [0, 0.05) is 12.8 Å². The summed E-state index contributed by atoms with van der Waals surface area (Å²) in [5, 5.41) is 10.7. The summed E-state index contributed by atoms with van der Waals surface area (Å²) in [7, 11) is 0. The number of Topliss-reactive ketones (excluding diaryl/α,β-unsaturated/α-hetero) is 1. The van der Waals surface area contributed by atoms with Gasteiger partial charge in [0.05, 0.1) is 29.0 Å². The lowest BCUT2D eigenvalue weighted by Gasteiger charge is -2.38. The zero-order valence-electron chi connectivity index (χ0n) is 15.7. The van der Waals surface area contributed by atoms with Crippen molar-refractivity contribution in [1.82, 2.24) is 0 Å². The van der Waals surface area contributed by atoms with E-state index in [9.17, 15) is 9.90 Å². The van der Waals surface area contributed by atoms with Crippen molar-refractivity contribution in [2.24, 2.45) is 5.92 Å². The minimum absolute atomic E-state index is 0.0204. The number of hydrogen-bond donors (Lipinski definition) is 1. The van der Waals surface area contributed by atoms with Crippen LogP contribution in [0.4, 0.5) is 0 Å². The van der Waals surface area contributed by atoms with Crippen molar-refractivity contribution >= 4 is 5.78 Å². The Balaban J connectivity index is 1.90. The van der Waals surface area contributed by atoms with Crippen molar-refractivity contribution in [2.75, 3.05) is 0 Å². The number of allylic oxidation sites excluding steroid dienone is 2. The molecule has 0 aliphatic carbocycles. The van der Waals surface area contributed by atoms with E-state index in [1.165, 1.54) is 0 Å². The van der Waals surface area contributed by atoms with Crippen molar-refractivity contribution in [2.45, 2.75) is 102 Å². The number of fused-ring (bicyclic) bond motifs is 3.